The number of sulfonamides is 1. The van der Waals surface area contributed by atoms with Crippen molar-refractivity contribution in [2.45, 2.75) is 24.2 Å². The van der Waals surface area contributed by atoms with Crippen molar-refractivity contribution in [2.75, 3.05) is 26.2 Å². The average molecular weight is 560 g/mol. The fourth-order valence-corrected chi connectivity index (χ4v) is 6.07. The third-order valence-electron chi connectivity index (χ3n) is 6.65. The minimum atomic E-state index is -4.67. The molecule has 39 heavy (non-hydrogen) atoms. The van der Waals surface area contributed by atoms with E-state index in [-0.39, 0.29) is 44.8 Å². The van der Waals surface area contributed by atoms with Crippen molar-refractivity contribution >= 4 is 15.7 Å². The van der Waals surface area contributed by atoms with Gasteiger partial charge >= 0.3 is 11.7 Å². The van der Waals surface area contributed by atoms with Gasteiger partial charge in [-0.15, -0.1) is 0 Å². The van der Waals surface area contributed by atoms with Gasteiger partial charge in [0.1, 0.15) is 6.54 Å². The van der Waals surface area contributed by atoms with E-state index in [2.05, 4.69) is 4.98 Å². The molecule has 0 amide bonds. The van der Waals surface area contributed by atoms with Crippen molar-refractivity contribution in [3.63, 3.8) is 0 Å². The number of hydrogen-bond donors (Lipinski definition) is 0. The Kier molecular flexibility index (Phi) is 7.14. The van der Waals surface area contributed by atoms with Crippen LogP contribution in [0.2, 0.25) is 0 Å². The number of piperazine rings is 1. The van der Waals surface area contributed by atoms with Crippen molar-refractivity contribution in [3.8, 4) is 5.88 Å². The highest BCUT2D eigenvalue weighted by atomic mass is 32.2. The lowest BCUT2D eigenvalue weighted by Crippen LogP contribution is -2.50. The number of benzene rings is 1. The van der Waals surface area contributed by atoms with E-state index in [0.717, 1.165) is 22.5 Å². The van der Waals surface area contributed by atoms with Crippen LogP contribution in [-0.4, -0.2) is 53.2 Å². The zero-order valence-electron chi connectivity index (χ0n) is 20.6. The molecule has 0 aliphatic carbocycles. The van der Waals surface area contributed by atoms with Gasteiger partial charge in [0.25, 0.3) is 5.65 Å². The Balaban J connectivity index is 1.38. The fourth-order valence-electron chi connectivity index (χ4n) is 4.60. The van der Waals surface area contributed by atoms with E-state index in [1.807, 2.05) is 0 Å². The lowest BCUT2D eigenvalue weighted by molar-refractivity contribution is -0.710. The number of pyridine rings is 2. The first-order valence-electron chi connectivity index (χ1n) is 12.1. The first-order chi connectivity index (χ1) is 18.6. The zero-order valence-corrected chi connectivity index (χ0v) is 21.4. The summed E-state index contributed by atoms with van der Waals surface area (Å²) < 4.78 is 69.3. The third-order valence-corrected chi connectivity index (χ3v) is 8.55. The van der Waals surface area contributed by atoms with Crippen LogP contribution in [0.25, 0.3) is 5.65 Å². The number of fused-ring (bicyclic) bond motifs is 1. The standard InChI is InChI=1S/C26H24F3N5O4S/c27-26(28,29)19-6-5-8-21(16-19)39(37,38)32-14-12-31(13-15-32)18-22-24(35)33-11-4-2-9-23(33)34(25(22)36)17-20-7-1-3-10-30-20/h1-11,16H,12-15,17-18H2. The third kappa shape index (κ3) is 5.37. The van der Waals surface area contributed by atoms with Crippen LogP contribution in [0.3, 0.4) is 0 Å². The molecule has 0 N–H and O–H groups in total. The van der Waals surface area contributed by atoms with E-state index in [0.29, 0.717) is 17.4 Å². The van der Waals surface area contributed by atoms with Gasteiger partial charge in [-0.1, -0.05) is 18.2 Å². The molecule has 0 spiro atoms. The van der Waals surface area contributed by atoms with Gasteiger partial charge in [0.2, 0.25) is 10.0 Å². The lowest BCUT2D eigenvalue weighted by atomic mass is 10.2. The molecule has 4 aromatic rings. The molecule has 0 bridgehead atoms. The summed E-state index contributed by atoms with van der Waals surface area (Å²) in [5.41, 5.74) is -0.418. The highest BCUT2D eigenvalue weighted by Crippen LogP contribution is 2.31. The molecule has 0 unspecified atom stereocenters. The summed E-state index contributed by atoms with van der Waals surface area (Å²) in [5.74, 6) is -0.462. The maximum Gasteiger partial charge on any atom is 0.416 e. The van der Waals surface area contributed by atoms with Gasteiger partial charge < -0.3 is 5.11 Å². The summed E-state index contributed by atoms with van der Waals surface area (Å²) in [5, 5.41) is 13.5. The van der Waals surface area contributed by atoms with Gasteiger partial charge in [0, 0.05) is 45.0 Å². The lowest BCUT2D eigenvalue weighted by Gasteiger charge is -2.34. The van der Waals surface area contributed by atoms with E-state index in [1.165, 1.54) is 8.97 Å². The molecule has 1 saturated heterocycles. The Morgan fingerprint density at radius 3 is 2.41 bits per heavy atom. The van der Waals surface area contributed by atoms with Crippen molar-refractivity contribution in [3.05, 3.63) is 100 Å². The van der Waals surface area contributed by atoms with E-state index in [9.17, 15) is 31.5 Å². The fraction of sp³-hybridized carbons (Fsp3) is 0.269. The van der Waals surface area contributed by atoms with Crippen LogP contribution >= 0.6 is 0 Å². The van der Waals surface area contributed by atoms with Crippen LogP contribution in [0.5, 0.6) is 5.88 Å². The summed E-state index contributed by atoms with van der Waals surface area (Å²) in [7, 11) is -4.16. The Labute approximate surface area is 222 Å². The van der Waals surface area contributed by atoms with E-state index >= 15 is 0 Å². The second kappa shape index (κ2) is 10.4. The molecule has 0 saturated carbocycles. The smallest absolute Gasteiger partial charge is 0.416 e. The topological polar surface area (TPSA) is 102 Å². The Hall–Kier alpha value is -3.81. The Bertz CT molecular complexity index is 1670. The maximum absolute atomic E-state index is 13.5. The molecule has 1 aliphatic rings. The number of hydrogen-bond acceptors (Lipinski definition) is 6. The van der Waals surface area contributed by atoms with Crippen molar-refractivity contribution in [2.24, 2.45) is 0 Å². The van der Waals surface area contributed by atoms with E-state index in [1.54, 1.807) is 53.7 Å². The summed E-state index contributed by atoms with van der Waals surface area (Å²) in [4.78, 5) is 18.9. The molecule has 1 aromatic carbocycles. The summed E-state index contributed by atoms with van der Waals surface area (Å²) >= 11 is 0. The van der Waals surface area contributed by atoms with Crippen LogP contribution in [0.4, 0.5) is 13.2 Å². The largest absolute Gasteiger partial charge is 0.842 e. The minimum Gasteiger partial charge on any atom is -0.842 e. The molecular weight excluding hydrogens is 535 g/mol. The molecule has 0 atom stereocenters. The number of halogens is 3. The molecule has 3 aromatic heterocycles. The maximum atomic E-state index is 13.5. The number of rotatable bonds is 6. The number of alkyl halides is 3. The normalized spacial score (nSPS) is 15.6. The van der Waals surface area contributed by atoms with Gasteiger partial charge in [0.05, 0.1) is 33.8 Å². The number of nitrogens with zero attached hydrogens (tertiary/aromatic N) is 5. The molecule has 204 valence electrons. The van der Waals surface area contributed by atoms with Gasteiger partial charge in [-0.2, -0.15) is 21.9 Å². The zero-order chi connectivity index (χ0) is 27.8. The SMILES string of the molecule is O=c1c(CN2CCN(S(=O)(=O)c3cccc(C(F)(F)F)c3)CC2)c([O-])[n+](Cc2ccccn2)c2ccccn12. The number of aromatic nitrogens is 3. The summed E-state index contributed by atoms with van der Waals surface area (Å²) in [6.45, 7) is 0.521. The highest BCUT2D eigenvalue weighted by molar-refractivity contribution is 7.89. The Morgan fingerprint density at radius 2 is 1.72 bits per heavy atom. The molecule has 13 heteroatoms. The molecule has 9 nitrogen and oxygen atoms in total. The van der Waals surface area contributed by atoms with Gasteiger partial charge in [-0.3, -0.25) is 9.88 Å². The average Bonchev–Trinajstić information content (AvgIpc) is 2.94. The molecule has 5 rings (SSSR count). The summed E-state index contributed by atoms with van der Waals surface area (Å²) in [6.07, 6.45) is -1.47. The van der Waals surface area contributed by atoms with E-state index in [4.69, 9.17) is 0 Å². The predicted octanol–water partition coefficient (Wildman–Crippen LogP) is 1.63. The second-order valence-electron chi connectivity index (χ2n) is 9.13. The van der Waals surface area contributed by atoms with E-state index < -0.39 is 38.1 Å². The van der Waals surface area contributed by atoms with Crippen molar-refractivity contribution < 1.29 is 31.3 Å². The first-order valence-corrected chi connectivity index (χ1v) is 13.5. The molecule has 1 aliphatic heterocycles. The monoisotopic (exact) mass is 559 g/mol. The van der Waals surface area contributed by atoms with Crippen LogP contribution in [-0.2, 0) is 29.3 Å². The minimum absolute atomic E-state index is 0.00435. The molecule has 4 heterocycles. The predicted molar refractivity (Wildman–Crippen MR) is 132 cm³/mol. The van der Waals surface area contributed by atoms with Crippen LogP contribution in [0.1, 0.15) is 16.8 Å². The molecule has 1 fully saturated rings. The van der Waals surface area contributed by atoms with Gasteiger partial charge in [-0.25, -0.2) is 17.8 Å². The summed E-state index contributed by atoms with van der Waals surface area (Å²) in [6, 6.07) is 14.1. The van der Waals surface area contributed by atoms with Gasteiger partial charge in [-0.05, 0) is 36.4 Å². The van der Waals surface area contributed by atoms with Crippen LogP contribution < -0.4 is 15.2 Å². The Morgan fingerprint density at radius 1 is 0.974 bits per heavy atom. The van der Waals surface area contributed by atoms with Crippen LogP contribution in [0, 0.1) is 0 Å². The first kappa shape index (κ1) is 26.8. The highest BCUT2D eigenvalue weighted by Gasteiger charge is 2.34. The molecule has 0 radical (unpaired) electrons. The van der Waals surface area contributed by atoms with Crippen molar-refractivity contribution in [1.82, 2.24) is 18.6 Å². The second-order valence-corrected chi connectivity index (χ2v) is 11.1. The van der Waals surface area contributed by atoms with Gasteiger partial charge in [0.15, 0.2) is 0 Å². The van der Waals surface area contributed by atoms with Crippen molar-refractivity contribution in [1.29, 1.82) is 0 Å². The van der Waals surface area contributed by atoms with Crippen LogP contribution in [0.15, 0.2) is 82.7 Å². The quantitative estimate of drug-likeness (QED) is 0.333. The molecular formula is C26H24F3N5O4S.